The summed E-state index contributed by atoms with van der Waals surface area (Å²) in [4.78, 5) is 19.7. The quantitative estimate of drug-likeness (QED) is 0.780. The van der Waals surface area contributed by atoms with E-state index < -0.39 is 11.2 Å². The fraction of sp³-hybridized carbons (Fsp3) is 0.333. The second-order valence-electron chi connectivity index (χ2n) is 4.36. The monoisotopic (exact) mass is 263 g/mol. The van der Waals surface area contributed by atoms with Gasteiger partial charge in [0.15, 0.2) is 0 Å². The molecular weight excluding hydrogens is 253 g/mol. The lowest BCUT2D eigenvalue weighted by Crippen LogP contribution is -2.22. The van der Waals surface area contributed by atoms with Crippen molar-refractivity contribution in [2.45, 2.75) is 18.3 Å². The van der Waals surface area contributed by atoms with Crippen LogP contribution in [0.2, 0.25) is 0 Å². The molecule has 2 aromatic rings. The maximum Gasteiger partial charge on any atom is 0.321 e. The summed E-state index contributed by atoms with van der Waals surface area (Å²) in [5.41, 5.74) is -0.419. The molecule has 0 aromatic carbocycles. The summed E-state index contributed by atoms with van der Waals surface area (Å²) in [5, 5.41) is 3.76. The number of methoxy groups -OCH3 is 1. The molecule has 98 valence electrons. The molecule has 0 aliphatic heterocycles. The van der Waals surface area contributed by atoms with Gasteiger partial charge < -0.3 is 9.26 Å². The van der Waals surface area contributed by atoms with Crippen LogP contribution in [0.25, 0.3) is 11.5 Å². The van der Waals surface area contributed by atoms with Crippen molar-refractivity contribution in [2.75, 3.05) is 7.11 Å². The van der Waals surface area contributed by atoms with Crippen LogP contribution in [0.4, 0.5) is 4.39 Å². The van der Waals surface area contributed by atoms with Gasteiger partial charge in [0.05, 0.1) is 13.3 Å². The number of hydrogen-bond acceptors (Lipinski definition) is 6. The first-order valence-electron chi connectivity index (χ1n) is 5.70. The molecule has 2 aromatic heterocycles. The highest BCUT2D eigenvalue weighted by Gasteiger charge is 2.57. The molecule has 1 aliphatic rings. The third-order valence-electron chi connectivity index (χ3n) is 3.12. The van der Waals surface area contributed by atoms with Gasteiger partial charge in [-0.15, -0.1) is 0 Å². The van der Waals surface area contributed by atoms with Gasteiger partial charge in [-0.05, 0) is 25.0 Å². The molecule has 1 fully saturated rings. The Labute approximate surface area is 107 Å². The Morgan fingerprint density at radius 2 is 2.26 bits per heavy atom. The van der Waals surface area contributed by atoms with Crippen molar-refractivity contribution in [2.24, 2.45) is 0 Å². The third-order valence-corrected chi connectivity index (χ3v) is 3.12. The predicted molar refractivity (Wildman–Crippen MR) is 60.4 cm³/mol. The van der Waals surface area contributed by atoms with E-state index in [0.717, 1.165) is 6.20 Å². The van der Waals surface area contributed by atoms with Crippen LogP contribution in [-0.2, 0) is 14.9 Å². The number of ether oxygens (including phenoxy) is 1. The molecule has 0 saturated heterocycles. The molecule has 0 spiro atoms. The highest BCUT2D eigenvalue weighted by Crippen LogP contribution is 2.48. The Hall–Kier alpha value is -2.31. The van der Waals surface area contributed by atoms with Crippen LogP contribution in [0.15, 0.2) is 22.9 Å². The maximum atomic E-state index is 12.8. The van der Waals surface area contributed by atoms with Crippen LogP contribution < -0.4 is 0 Å². The number of rotatable bonds is 3. The van der Waals surface area contributed by atoms with Crippen molar-refractivity contribution >= 4 is 5.97 Å². The van der Waals surface area contributed by atoms with E-state index >= 15 is 0 Å². The van der Waals surface area contributed by atoms with Crippen molar-refractivity contribution < 1.29 is 18.4 Å². The van der Waals surface area contributed by atoms with Gasteiger partial charge in [-0.3, -0.25) is 4.79 Å². The smallest absolute Gasteiger partial charge is 0.321 e. The van der Waals surface area contributed by atoms with E-state index in [2.05, 4.69) is 15.1 Å². The van der Waals surface area contributed by atoms with Crippen molar-refractivity contribution in [1.29, 1.82) is 0 Å². The number of esters is 1. The Kier molecular flexibility index (Phi) is 2.55. The molecule has 0 radical (unpaired) electrons. The number of carbonyl (C=O) groups excluding carboxylic acids is 1. The van der Waals surface area contributed by atoms with Crippen molar-refractivity contribution in [3.8, 4) is 11.5 Å². The molecule has 1 aliphatic carbocycles. The van der Waals surface area contributed by atoms with Crippen LogP contribution in [0.1, 0.15) is 18.7 Å². The minimum Gasteiger partial charge on any atom is -0.468 e. The lowest BCUT2D eigenvalue weighted by Gasteiger charge is -2.05. The van der Waals surface area contributed by atoms with Gasteiger partial charge >= 0.3 is 5.97 Å². The molecule has 6 nitrogen and oxygen atoms in total. The SMILES string of the molecule is COC(=O)C1(c2nc(-c3ccc(F)cn3)no2)CC1. The molecule has 7 heteroatoms. The van der Waals surface area contributed by atoms with E-state index in [-0.39, 0.29) is 17.7 Å². The van der Waals surface area contributed by atoms with Gasteiger partial charge in [-0.2, -0.15) is 4.98 Å². The molecule has 0 N–H and O–H groups in total. The number of nitrogens with zero attached hydrogens (tertiary/aromatic N) is 3. The van der Waals surface area contributed by atoms with Crippen molar-refractivity contribution in [3.05, 3.63) is 30.0 Å². The van der Waals surface area contributed by atoms with Crippen molar-refractivity contribution in [1.82, 2.24) is 15.1 Å². The van der Waals surface area contributed by atoms with E-state index in [4.69, 9.17) is 9.26 Å². The zero-order chi connectivity index (χ0) is 13.5. The number of carbonyl (C=O) groups is 1. The molecule has 0 bridgehead atoms. The summed E-state index contributed by atoms with van der Waals surface area (Å²) in [6.45, 7) is 0. The fourth-order valence-corrected chi connectivity index (χ4v) is 1.86. The average molecular weight is 263 g/mol. The highest BCUT2D eigenvalue weighted by molar-refractivity contribution is 5.85. The van der Waals surface area contributed by atoms with E-state index in [0.29, 0.717) is 18.5 Å². The molecule has 2 heterocycles. The van der Waals surface area contributed by atoms with Crippen LogP contribution in [-0.4, -0.2) is 28.2 Å². The number of aromatic nitrogens is 3. The van der Waals surface area contributed by atoms with Gasteiger partial charge in [0.2, 0.25) is 11.7 Å². The minimum atomic E-state index is -0.806. The zero-order valence-electron chi connectivity index (χ0n) is 10.1. The fourth-order valence-electron chi connectivity index (χ4n) is 1.86. The topological polar surface area (TPSA) is 78.1 Å². The first-order chi connectivity index (χ1) is 9.15. The standard InChI is InChI=1S/C12H10FN3O3/c1-18-11(17)12(4-5-12)10-15-9(16-19-10)8-3-2-7(13)6-14-8/h2-3,6H,4-5H2,1H3. The molecule has 19 heavy (non-hydrogen) atoms. The summed E-state index contributed by atoms with van der Waals surface area (Å²) in [6, 6.07) is 2.70. The van der Waals surface area contributed by atoms with Crippen LogP contribution in [0, 0.1) is 5.82 Å². The summed E-state index contributed by atoms with van der Waals surface area (Å²) >= 11 is 0. The largest absolute Gasteiger partial charge is 0.468 e. The minimum absolute atomic E-state index is 0.223. The van der Waals surface area contributed by atoms with E-state index in [9.17, 15) is 9.18 Å². The van der Waals surface area contributed by atoms with E-state index in [1.165, 1.54) is 19.2 Å². The normalized spacial score (nSPS) is 16.1. The Morgan fingerprint density at radius 3 is 2.84 bits per heavy atom. The van der Waals surface area contributed by atoms with E-state index in [1.54, 1.807) is 0 Å². The second-order valence-corrected chi connectivity index (χ2v) is 4.36. The average Bonchev–Trinajstić information content (AvgIpc) is 3.10. The Morgan fingerprint density at radius 1 is 1.47 bits per heavy atom. The second kappa shape index (κ2) is 4.11. The zero-order valence-corrected chi connectivity index (χ0v) is 10.1. The van der Waals surface area contributed by atoms with E-state index in [1.807, 2.05) is 0 Å². The summed E-state index contributed by atoms with van der Waals surface area (Å²) in [7, 11) is 1.32. The number of halogens is 1. The molecule has 0 unspecified atom stereocenters. The number of hydrogen-bond donors (Lipinski definition) is 0. The first-order valence-corrected chi connectivity index (χ1v) is 5.70. The van der Waals surface area contributed by atoms with Gasteiger partial charge in [0.25, 0.3) is 0 Å². The predicted octanol–water partition coefficient (Wildman–Crippen LogP) is 1.48. The lowest BCUT2D eigenvalue weighted by molar-refractivity contribution is -0.144. The first kappa shape index (κ1) is 11.8. The molecule has 1 saturated carbocycles. The maximum absolute atomic E-state index is 12.8. The van der Waals surface area contributed by atoms with Crippen molar-refractivity contribution in [3.63, 3.8) is 0 Å². The van der Waals surface area contributed by atoms with Crippen LogP contribution in [0.5, 0.6) is 0 Å². The highest BCUT2D eigenvalue weighted by atomic mass is 19.1. The van der Waals surface area contributed by atoms with Gasteiger partial charge in [0.1, 0.15) is 16.9 Å². The van der Waals surface area contributed by atoms with Crippen LogP contribution in [0.3, 0.4) is 0 Å². The summed E-state index contributed by atoms with van der Waals surface area (Å²) in [6.07, 6.45) is 2.31. The lowest BCUT2D eigenvalue weighted by atomic mass is 10.1. The summed E-state index contributed by atoms with van der Waals surface area (Å²) < 4.78 is 22.6. The molecule has 0 atom stereocenters. The summed E-state index contributed by atoms with van der Waals surface area (Å²) in [5.74, 6) is -0.374. The number of pyridine rings is 1. The molecular formula is C12H10FN3O3. The van der Waals surface area contributed by atoms with Gasteiger partial charge in [-0.1, -0.05) is 5.16 Å². The Bertz CT molecular complexity index is 619. The molecule has 3 rings (SSSR count). The van der Waals surface area contributed by atoms with Gasteiger partial charge in [-0.25, -0.2) is 9.37 Å². The van der Waals surface area contributed by atoms with Gasteiger partial charge in [0, 0.05) is 0 Å². The molecule has 0 amide bonds. The third kappa shape index (κ3) is 1.87. The Balaban J connectivity index is 1.92. The van der Waals surface area contributed by atoms with Crippen LogP contribution >= 0.6 is 0 Å².